The van der Waals surface area contributed by atoms with E-state index in [4.69, 9.17) is 18.9 Å². The van der Waals surface area contributed by atoms with Gasteiger partial charge in [-0.1, -0.05) is 13.3 Å². The SMILES string of the molecule is COC(=O)[C@]1(C)CCC[C@@]2(C)[C@H]1[C@@H](OC(C)=O)[C@H](OC(C)=O)[C@H]1[C@@H]2C[C@@]2(O)OC(=O)C=C2[C@@]1(C)O. The van der Waals surface area contributed by atoms with E-state index in [1.165, 1.54) is 27.9 Å². The average Bonchev–Trinajstić information content (AvgIpc) is 3.04. The fourth-order valence-electron chi connectivity index (χ4n) is 7.91. The van der Waals surface area contributed by atoms with E-state index in [0.717, 1.165) is 6.08 Å². The van der Waals surface area contributed by atoms with Gasteiger partial charge < -0.3 is 29.2 Å². The largest absolute Gasteiger partial charge is 0.469 e. The second kappa shape index (κ2) is 8.03. The molecule has 0 aromatic rings. The van der Waals surface area contributed by atoms with E-state index in [9.17, 15) is 29.4 Å². The molecule has 0 radical (unpaired) electrons. The summed E-state index contributed by atoms with van der Waals surface area (Å²) >= 11 is 0. The maximum Gasteiger partial charge on any atom is 0.333 e. The molecule has 194 valence electrons. The number of carbonyl (C=O) groups is 4. The van der Waals surface area contributed by atoms with Crippen molar-refractivity contribution in [1.29, 1.82) is 0 Å². The quantitative estimate of drug-likeness (QED) is 0.436. The number of aliphatic hydroxyl groups is 2. The maximum atomic E-state index is 13.2. The number of hydrogen-bond acceptors (Lipinski definition) is 10. The van der Waals surface area contributed by atoms with Gasteiger partial charge in [0.05, 0.1) is 18.1 Å². The molecule has 0 bridgehead atoms. The van der Waals surface area contributed by atoms with Crippen LogP contribution in [0, 0.1) is 28.6 Å². The summed E-state index contributed by atoms with van der Waals surface area (Å²) in [5, 5.41) is 23.2. The van der Waals surface area contributed by atoms with Crippen molar-refractivity contribution in [3.8, 4) is 0 Å². The Morgan fingerprint density at radius 1 is 1.03 bits per heavy atom. The van der Waals surface area contributed by atoms with E-state index in [1.807, 2.05) is 6.92 Å². The van der Waals surface area contributed by atoms with Crippen LogP contribution in [0.2, 0.25) is 0 Å². The van der Waals surface area contributed by atoms with Gasteiger partial charge in [0.25, 0.3) is 0 Å². The summed E-state index contributed by atoms with van der Waals surface area (Å²) in [4.78, 5) is 50.0. The highest BCUT2D eigenvalue weighted by molar-refractivity contribution is 5.87. The minimum atomic E-state index is -2.04. The summed E-state index contributed by atoms with van der Waals surface area (Å²) in [6.45, 7) is 7.57. The second-order valence-corrected chi connectivity index (χ2v) is 11.1. The number of fused-ring (bicyclic) bond motifs is 4. The fraction of sp³-hybridized carbons (Fsp3) is 0.760. The molecule has 0 amide bonds. The molecule has 3 fully saturated rings. The van der Waals surface area contributed by atoms with Gasteiger partial charge in [-0.2, -0.15) is 0 Å². The van der Waals surface area contributed by atoms with Gasteiger partial charge in [0.1, 0.15) is 12.2 Å². The summed E-state index contributed by atoms with van der Waals surface area (Å²) in [5.41, 5.74) is -3.77. The van der Waals surface area contributed by atoms with Crippen molar-refractivity contribution in [2.24, 2.45) is 28.6 Å². The Hall–Kier alpha value is -2.46. The van der Waals surface area contributed by atoms with E-state index in [-0.39, 0.29) is 12.0 Å². The van der Waals surface area contributed by atoms with E-state index in [0.29, 0.717) is 19.3 Å². The van der Waals surface area contributed by atoms with Crippen molar-refractivity contribution < 1.29 is 48.3 Å². The molecule has 0 saturated heterocycles. The first-order valence-electron chi connectivity index (χ1n) is 11.9. The normalized spacial score (nSPS) is 46.2. The molecule has 0 aromatic carbocycles. The van der Waals surface area contributed by atoms with Crippen LogP contribution in [0.15, 0.2) is 11.6 Å². The zero-order valence-corrected chi connectivity index (χ0v) is 21.0. The van der Waals surface area contributed by atoms with Crippen LogP contribution in [0.4, 0.5) is 0 Å². The van der Waals surface area contributed by atoms with Gasteiger partial charge in [-0.15, -0.1) is 0 Å². The lowest BCUT2D eigenvalue weighted by atomic mass is 9.40. The first kappa shape index (κ1) is 25.6. The Labute approximate surface area is 203 Å². The van der Waals surface area contributed by atoms with Crippen molar-refractivity contribution in [3.63, 3.8) is 0 Å². The summed E-state index contributed by atoms with van der Waals surface area (Å²) in [6, 6.07) is 0. The molecule has 1 aliphatic heterocycles. The smallest absolute Gasteiger partial charge is 0.333 e. The molecule has 0 unspecified atom stereocenters. The topological polar surface area (TPSA) is 146 Å². The Balaban J connectivity index is 1.98. The zero-order valence-electron chi connectivity index (χ0n) is 21.0. The first-order valence-corrected chi connectivity index (χ1v) is 11.9. The minimum Gasteiger partial charge on any atom is -0.469 e. The minimum absolute atomic E-state index is 0.0245. The van der Waals surface area contributed by atoms with E-state index in [1.54, 1.807) is 6.92 Å². The lowest BCUT2D eigenvalue weighted by molar-refractivity contribution is -0.289. The van der Waals surface area contributed by atoms with Gasteiger partial charge in [0, 0.05) is 43.8 Å². The molecule has 0 spiro atoms. The molecule has 3 saturated carbocycles. The predicted molar refractivity (Wildman–Crippen MR) is 118 cm³/mol. The van der Waals surface area contributed by atoms with Crippen molar-refractivity contribution in [2.75, 3.05) is 7.11 Å². The Bertz CT molecular complexity index is 1000. The molecule has 4 rings (SSSR count). The van der Waals surface area contributed by atoms with Gasteiger partial charge in [-0.3, -0.25) is 14.4 Å². The number of hydrogen-bond donors (Lipinski definition) is 2. The van der Waals surface area contributed by atoms with Crippen LogP contribution in [0.1, 0.15) is 60.3 Å². The molecule has 2 N–H and O–H groups in total. The molecular weight excluding hydrogens is 460 g/mol. The summed E-state index contributed by atoms with van der Waals surface area (Å²) in [6.07, 6.45) is 0.421. The number of esters is 4. The number of ether oxygens (including phenoxy) is 4. The first-order chi connectivity index (χ1) is 16.1. The van der Waals surface area contributed by atoms with Crippen molar-refractivity contribution >= 4 is 23.9 Å². The highest BCUT2D eigenvalue weighted by atomic mass is 16.7. The molecular formula is C25H34O10. The summed E-state index contributed by atoms with van der Waals surface area (Å²) in [7, 11) is 1.29. The van der Waals surface area contributed by atoms with Crippen LogP contribution in [-0.2, 0) is 38.1 Å². The van der Waals surface area contributed by atoms with Crippen molar-refractivity contribution in [3.05, 3.63) is 11.6 Å². The van der Waals surface area contributed by atoms with Crippen LogP contribution in [0.3, 0.4) is 0 Å². The van der Waals surface area contributed by atoms with Gasteiger partial charge in [0.15, 0.2) is 0 Å². The van der Waals surface area contributed by atoms with Gasteiger partial charge in [-0.05, 0) is 38.0 Å². The van der Waals surface area contributed by atoms with E-state index in [2.05, 4.69) is 0 Å². The van der Waals surface area contributed by atoms with Gasteiger partial charge in [0.2, 0.25) is 5.79 Å². The van der Waals surface area contributed by atoms with Crippen LogP contribution in [-0.4, -0.2) is 64.8 Å². The molecule has 0 aromatic heterocycles. The van der Waals surface area contributed by atoms with Crippen LogP contribution >= 0.6 is 0 Å². The van der Waals surface area contributed by atoms with Crippen molar-refractivity contribution in [2.45, 2.75) is 83.9 Å². The predicted octanol–water partition coefficient (Wildman–Crippen LogP) is 1.41. The molecule has 10 nitrogen and oxygen atoms in total. The molecule has 10 heteroatoms. The highest BCUT2D eigenvalue weighted by Crippen LogP contribution is 2.68. The Morgan fingerprint density at radius 2 is 1.63 bits per heavy atom. The Morgan fingerprint density at radius 3 is 2.20 bits per heavy atom. The third-order valence-electron chi connectivity index (χ3n) is 8.99. The van der Waals surface area contributed by atoms with E-state index < -0.39 is 76.1 Å². The van der Waals surface area contributed by atoms with Crippen molar-refractivity contribution in [1.82, 2.24) is 0 Å². The van der Waals surface area contributed by atoms with Crippen LogP contribution in [0.5, 0.6) is 0 Å². The monoisotopic (exact) mass is 494 g/mol. The lowest BCUT2D eigenvalue weighted by Gasteiger charge is -2.66. The second-order valence-electron chi connectivity index (χ2n) is 11.1. The average molecular weight is 495 g/mol. The third kappa shape index (κ3) is 3.59. The van der Waals surface area contributed by atoms with Gasteiger partial charge >= 0.3 is 23.9 Å². The number of methoxy groups -OCH3 is 1. The fourth-order valence-corrected chi connectivity index (χ4v) is 7.91. The van der Waals surface area contributed by atoms with Gasteiger partial charge in [-0.25, -0.2) is 4.79 Å². The highest BCUT2D eigenvalue weighted by Gasteiger charge is 2.74. The molecule has 4 aliphatic rings. The summed E-state index contributed by atoms with van der Waals surface area (Å²) < 4.78 is 22.0. The molecule has 1 heterocycles. The van der Waals surface area contributed by atoms with Crippen LogP contribution in [0.25, 0.3) is 0 Å². The van der Waals surface area contributed by atoms with Crippen LogP contribution < -0.4 is 0 Å². The third-order valence-corrected chi connectivity index (χ3v) is 8.99. The molecule has 3 aliphatic carbocycles. The maximum absolute atomic E-state index is 13.2. The molecule has 35 heavy (non-hydrogen) atoms. The number of rotatable bonds is 3. The zero-order chi connectivity index (χ0) is 26.1. The summed E-state index contributed by atoms with van der Waals surface area (Å²) in [5.74, 6) is -6.71. The number of carbonyl (C=O) groups excluding carboxylic acids is 4. The molecule has 9 atom stereocenters. The standard InChI is InChI=1S/C25H34O10/c1-12(26)33-18-17-14(11-25(31)15(24(17,5)30)10-16(28)35-25)22(3)8-7-9-23(4,21(29)32-6)20(22)19(18)34-13(2)27/h10,14,17-20,30-31H,7-9,11H2,1-6H3/t14-,17+,18+,19-,20+,22+,23+,24+,25+/m0/s1. The Kier molecular flexibility index (Phi) is 5.88. The lowest BCUT2D eigenvalue weighted by Crippen LogP contribution is -2.73. The van der Waals surface area contributed by atoms with E-state index >= 15 is 0 Å².